The summed E-state index contributed by atoms with van der Waals surface area (Å²) < 4.78 is 18.3. The Morgan fingerprint density at radius 3 is 3.12 bits per heavy atom. The van der Waals surface area contributed by atoms with E-state index in [1.54, 1.807) is 12.3 Å². The van der Waals surface area contributed by atoms with E-state index in [-0.39, 0.29) is 13.4 Å². The number of likely N-dealkylation sites (tertiary alicyclic amines) is 1. The van der Waals surface area contributed by atoms with Crippen molar-refractivity contribution in [3.8, 4) is 17.2 Å². The number of aromatic nitrogens is 2. The molecule has 2 aliphatic rings. The van der Waals surface area contributed by atoms with Crippen LogP contribution in [-0.2, 0) is 6.54 Å². The van der Waals surface area contributed by atoms with E-state index in [0.717, 1.165) is 31.7 Å². The molecule has 0 spiro atoms. The largest absolute Gasteiger partial charge is 0.491 e. The zero-order chi connectivity index (χ0) is 17.1. The van der Waals surface area contributed by atoms with Crippen molar-refractivity contribution in [2.75, 3.05) is 26.5 Å². The van der Waals surface area contributed by atoms with E-state index in [4.69, 9.17) is 14.2 Å². The highest BCUT2D eigenvalue weighted by Gasteiger charge is 2.27. The Labute approximate surface area is 146 Å². The molecule has 2 atom stereocenters. The third-order valence-electron chi connectivity index (χ3n) is 4.69. The molecule has 1 aromatic carbocycles. The average Bonchev–Trinajstić information content (AvgIpc) is 3.35. The van der Waals surface area contributed by atoms with Gasteiger partial charge in [-0.25, -0.2) is 0 Å². The number of aliphatic hydroxyl groups is 1. The summed E-state index contributed by atoms with van der Waals surface area (Å²) in [6.07, 6.45) is 5.53. The van der Waals surface area contributed by atoms with E-state index >= 15 is 0 Å². The number of rotatable bonds is 7. The molecule has 0 radical (unpaired) electrons. The second kappa shape index (κ2) is 7.33. The van der Waals surface area contributed by atoms with Gasteiger partial charge in [0.2, 0.25) is 6.79 Å². The summed E-state index contributed by atoms with van der Waals surface area (Å²) in [4.78, 5) is 2.33. The van der Waals surface area contributed by atoms with Gasteiger partial charge >= 0.3 is 0 Å². The topological polar surface area (TPSA) is 69.0 Å². The first-order chi connectivity index (χ1) is 12.3. The Balaban J connectivity index is 1.27. The summed E-state index contributed by atoms with van der Waals surface area (Å²) in [6, 6.07) is 7.81. The van der Waals surface area contributed by atoms with Gasteiger partial charge < -0.3 is 19.3 Å². The van der Waals surface area contributed by atoms with Gasteiger partial charge in [-0.2, -0.15) is 5.10 Å². The first kappa shape index (κ1) is 16.2. The molecule has 3 heterocycles. The summed E-state index contributed by atoms with van der Waals surface area (Å²) in [5, 5.41) is 14.6. The fourth-order valence-corrected chi connectivity index (χ4v) is 3.45. The minimum atomic E-state index is -0.538. The molecule has 0 amide bonds. The number of hydrogen-bond acceptors (Lipinski definition) is 6. The van der Waals surface area contributed by atoms with Gasteiger partial charge in [0.25, 0.3) is 0 Å². The van der Waals surface area contributed by atoms with Gasteiger partial charge in [0.15, 0.2) is 11.5 Å². The molecule has 1 N–H and O–H groups in total. The summed E-state index contributed by atoms with van der Waals surface area (Å²) >= 11 is 0. The van der Waals surface area contributed by atoms with Gasteiger partial charge in [0.1, 0.15) is 18.5 Å². The molecular formula is C18H23N3O4. The number of hydrogen-bond donors (Lipinski definition) is 1. The summed E-state index contributed by atoms with van der Waals surface area (Å²) in [5.41, 5.74) is 0. The quantitative estimate of drug-likeness (QED) is 0.820. The van der Waals surface area contributed by atoms with Gasteiger partial charge in [-0.15, -0.1) is 0 Å². The smallest absolute Gasteiger partial charge is 0.231 e. The van der Waals surface area contributed by atoms with Crippen LogP contribution >= 0.6 is 0 Å². The lowest BCUT2D eigenvalue weighted by atomic mass is 10.2. The van der Waals surface area contributed by atoms with Crippen LogP contribution in [0.5, 0.6) is 17.2 Å². The number of nitrogens with zero attached hydrogens (tertiary/aromatic N) is 3. The van der Waals surface area contributed by atoms with E-state index in [1.807, 2.05) is 29.1 Å². The molecule has 25 heavy (non-hydrogen) atoms. The van der Waals surface area contributed by atoms with E-state index in [0.29, 0.717) is 24.1 Å². The summed E-state index contributed by atoms with van der Waals surface area (Å²) in [6.45, 7) is 2.98. The van der Waals surface area contributed by atoms with E-state index in [9.17, 15) is 5.11 Å². The molecule has 7 nitrogen and oxygen atoms in total. The van der Waals surface area contributed by atoms with Crippen LogP contribution in [0, 0.1) is 0 Å². The van der Waals surface area contributed by atoms with Crippen LogP contribution in [-0.4, -0.2) is 58.4 Å². The molecule has 0 bridgehead atoms. The van der Waals surface area contributed by atoms with Crippen molar-refractivity contribution in [2.24, 2.45) is 0 Å². The minimum Gasteiger partial charge on any atom is -0.491 e. The van der Waals surface area contributed by atoms with Crippen LogP contribution in [0.3, 0.4) is 0 Å². The highest BCUT2D eigenvalue weighted by molar-refractivity contribution is 5.46. The lowest BCUT2D eigenvalue weighted by Gasteiger charge is -2.26. The first-order valence-corrected chi connectivity index (χ1v) is 8.70. The predicted molar refractivity (Wildman–Crippen MR) is 90.9 cm³/mol. The Morgan fingerprint density at radius 2 is 2.24 bits per heavy atom. The number of ether oxygens (including phenoxy) is 3. The van der Waals surface area contributed by atoms with Crippen LogP contribution in [0.15, 0.2) is 36.7 Å². The second-order valence-electron chi connectivity index (χ2n) is 6.50. The number of fused-ring (bicyclic) bond motifs is 1. The molecule has 0 aliphatic carbocycles. The molecule has 1 saturated heterocycles. The van der Waals surface area contributed by atoms with Crippen molar-refractivity contribution in [1.82, 2.24) is 14.7 Å². The SMILES string of the molecule is O[C@H](COc1ccc2c(c1)OCO2)CN1CCC[C@@H]1Cn1cccn1. The minimum absolute atomic E-state index is 0.244. The Hall–Kier alpha value is -2.25. The van der Waals surface area contributed by atoms with Crippen LogP contribution in [0.2, 0.25) is 0 Å². The van der Waals surface area contributed by atoms with Crippen molar-refractivity contribution in [1.29, 1.82) is 0 Å². The molecule has 0 saturated carbocycles. The third-order valence-corrected chi connectivity index (χ3v) is 4.69. The normalized spacial score (nSPS) is 20.8. The first-order valence-electron chi connectivity index (χ1n) is 8.70. The average molecular weight is 345 g/mol. The Bertz CT molecular complexity index is 692. The van der Waals surface area contributed by atoms with Crippen LogP contribution in [0.1, 0.15) is 12.8 Å². The zero-order valence-corrected chi connectivity index (χ0v) is 14.1. The van der Waals surface area contributed by atoms with Crippen molar-refractivity contribution in [2.45, 2.75) is 31.5 Å². The van der Waals surface area contributed by atoms with Gasteiger partial charge in [0.05, 0.1) is 6.54 Å². The van der Waals surface area contributed by atoms with E-state index < -0.39 is 6.10 Å². The number of aliphatic hydroxyl groups excluding tert-OH is 1. The van der Waals surface area contributed by atoms with Gasteiger partial charge in [0, 0.05) is 31.0 Å². The molecule has 7 heteroatoms. The monoisotopic (exact) mass is 345 g/mol. The summed E-state index contributed by atoms with van der Waals surface area (Å²) in [7, 11) is 0. The predicted octanol–water partition coefficient (Wildman–Crippen LogP) is 1.52. The maximum Gasteiger partial charge on any atom is 0.231 e. The highest BCUT2D eigenvalue weighted by Crippen LogP contribution is 2.35. The second-order valence-corrected chi connectivity index (χ2v) is 6.50. The van der Waals surface area contributed by atoms with E-state index in [1.165, 1.54) is 0 Å². The standard InChI is InChI=1S/C18H23N3O4/c22-15(12-23-16-4-5-17-18(9-16)25-13-24-17)11-20-7-1-3-14(20)10-21-8-2-6-19-21/h2,4-6,8-9,14-15,22H,1,3,7,10-13H2/t14-,15+/m1/s1. The summed E-state index contributed by atoms with van der Waals surface area (Å²) in [5.74, 6) is 2.09. The molecule has 1 fully saturated rings. The fraction of sp³-hybridized carbons (Fsp3) is 0.500. The van der Waals surface area contributed by atoms with Crippen molar-refractivity contribution >= 4 is 0 Å². The van der Waals surface area contributed by atoms with Crippen molar-refractivity contribution < 1.29 is 19.3 Å². The lowest BCUT2D eigenvalue weighted by Crippen LogP contribution is -2.40. The van der Waals surface area contributed by atoms with Gasteiger partial charge in [-0.05, 0) is 37.6 Å². The van der Waals surface area contributed by atoms with Crippen molar-refractivity contribution in [3.05, 3.63) is 36.7 Å². The van der Waals surface area contributed by atoms with Crippen LogP contribution in [0.25, 0.3) is 0 Å². The maximum absolute atomic E-state index is 10.4. The molecule has 4 rings (SSSR count). The van der Waals surface area contributed by atoms with Gasteiger partial charge in [-0.3, -0.25) is 9.58 Å². The third kappa shape index (κ3) is 3.88. The van der Waals surface area contributed by atoms with Crippen LogP contribution < -0.4 is 14.2 Å². The lowest BCUT2D eigenvalue weighted by molar-refractivity contribution is 0.0609. The molecular weight excluding hydrogens is 322 g/mol. The zero-order valence-electron chi connectivity index (χ0n) is 14.1. The number of β-amino-alcohol motifs (C(OH)–C–C–N with tert-alkyl or cyclic N) is 1. The van der Waals surface area contributed by atoms with Crippen LogP contribution in [0.4, 0.5) is 0 Å². The van der Waals surface area contributed by atoms with E-state index in [2.05, 4.69) is 10.00 Å². The Morgan fingerprint density at radius 1 is 1.32 bits per heavy atom. The molecule has 2 aromatic rings. The highest BCUT2D eigenvalue weighted by atomic mass is 16.7. The molecule has 2 aliphatic heterocycles. The molecule has 0 unspecified atom stereocenters. The van der Waals surface area contributed by atoms with Crippen molar-refractivity contribution in [3.63, 3.8) is 0 Å². The number of benzene rings is 1. The van der Waals surface area contributed by atoms with Gasteiger partial charge in [-0.1, -0.05) is 0 Å². The maximum atomic E-state index is 10.4. The fourth-order valence-electron chi connectivity index (χ4n) is 3.45. The Kier molecular flexibility index (Phi) is 4.76. The molecule has 1 aromatic heterocycles. The molecule has 134 valence electrons.